The van der Waals surface area contributed by atoms with Gasteiger partial charge in [-0.05, 0) is 52.8 Å². The summed E-state index contributed by atoms with van der Waals surface area (Å²) in [4.78, 5) is 4.20. The maximum atomic E-state index is 8.94. The molecule has 3 rings (SSSR count). The summed E-state index contributed by atoms with van der Waals surface area (Å²) < 4.78 is 12.2. The van der Waals surface area contributed by atoms with Gasteiger partial charge in [-0.1, -0.05) is 68.4 Å². The number of aliphatic hydroxyl groups excluding tert-OH is 1. The number of ether oxygens (including phenoxy) is 2. The summed E-state index contributed by atoms with van der Waals surface area (Å²) in [5, 5.41) is 8.94. The van der Waals surface area contributed by atoms with Gasteiger partial charge in [0.15, 0.2) is 11.5 Å². The summed E-state index contributed by atoms with van der Waals surface area (Å²) in [5.41, 5.74) is 4.46. The number of benzene rings is 3. The molecule has 4 nitrogen and oxygen atoms in total. The lowest BCUT2D eigenvalue weighted by atomic mass is 10.0. The number of hydrogen-bond acceptors (Lipinski definition) is 4. The molecule has 0 aliphatic heterocycles. The van der Waals surface area contributed by atoms with Crippen LogP contribution in [0, 0.1) is 5.92 Å². The highest BCUT2D eigenvalue weighted by Gasteiger charge is 2.08. The Labute approximate surface area is 185 Å². The van der Waals surface area contributed by atoms with E-state index >= 15 is 0 Å². The van der Waals surface area contributed by atoms with Crippen LogP contribution in [0.5, 0.6) is 11.5 Å². The lowest BCUT2D eigenvalue weighted by Crippen LogP contribution is -2.02. The van der Waals surface area contributed by atoms with Crippen LogP contribution in [0.1, 0.15) is 36.1 Å². The third-order valence-corrected chi connectivity index (χ3v) is 4.70. The summed E-state index contributed by atoms with van der Waals surface area (Å²) >= 11 is 0. The third kappa shape index (κ3) is 7.58. The highest BCUT2D eigenvalue weighted by molar-refractivity contribution is 5.80. The van der Waals surface area contributed by atoms with Gasteiger partial charge < -0.3 is 14.6 Å². The molecule has 0 aromatic heterocycles. The van der Waals surface area contributed by atoms with Gasteiger partial charge in [-0.15, -0.1) is 0 Å². The zero-order valence-corrected chi connectivity index (χ0v) is 18.3. The van der Waals surface area contributed by atoms with Crippen molar-refractivity contribution in [2.75, 3.05) is 13.2 Å². The predicted molar refractivity (Wildman–Crippen MR) is 126 cm³/mol. The molecular formula is C27H31NO3. The number of nitrogens with zero attached hydrogens (tertiary/aromatic N) is 1. The van der Waals surface area contributed by atoms with Gasteiger partial charge in [-0.3, -0.25) is 4.99 Å². The van der Waals surface area contributed by atoms with E-state index in [0.29, 0.717) is 37.2 Å². The van der Waals surface area contributed by atoms with E-state index in [1.807, 2.05) is 48.5 Å². The molecule has 0 amide bonds. The molecule has 0 unspecified atom stereocenters. The smallest absolute Gasteiger partial charge is 0.162 e. The van der Waals surface area contributed by atoms with Crippen LogP contribution in [-0.4, -0.2) is 24.5 Å². The van der Waals surface area contributed by atoms with Gasteiger partial charge in [0, 0.05) is 6.21 Å². The van der Waals surface area contributed by atoms with Crippen molar-refractivity contribution in [2.45, 2.75) is 33.5 Å². The van der Waals surface area contributed by atoms with Crippen molar-refractivity contribution >= 4 is 6.21 Å². The van der Waals surface area contributed by atoms with Crippen LogP contribution in [0.25, 0.3) is 0 Å². The van der Waals surface area contributed by atoms with Crippen molar-refractivity contribution in [3.8, 4) is 11.5 Å². The molecule has 0 atom stereocenters. The van der Waals surface area contributed by atoms with Crippen LogP contribution in [0.2, 0.25) is 0 Å². The molecule has 3 aromatic rings. The van der Waals surface area contributed by atoms with E-state index in [2.05, 4.69) is 43.1 Å². The first kappa shape index (κ1) is 22.6. The number of rotatable bonds is 11. The highest BCUT2D eigenvalue weighted by Crippen LogP contribution is 2.30. The van der Waals surface area contributed by atoms with Gasteiger partial charge in [0.05, 0.1) is 13.2 Å². The quantitative estimate of drug-likeness (QED) is 0.422. The summed E-state index contributed by atoms with van der Waals surface area (Å²) in [6.07, 6.45) is 2.80. The van der Waals surface area contributed by atoms with Gasteiger partial charge in [0.2, 0.25) is 0 Å². The van der Waals surface area contributed by atoms with Crippen LogP contribution in [0.4, 0.5) is 0 Å². The Morgan fingerprint density at radius 3 is 2.29 bits per heavy atom. The van der Waals surface area contributed by atoms with E-state index in [4.69, 9.17) is 14.6 Å². The molecule has 0 spiro atoms. The fourth-order valence-electron chi connectivity index (χ4n) is 3.28. The number of aliphatic imine (C=N–C) groups is 1. The molecule has 0 aliphatic rings. The van der Waals surface area contributed by atoms with Gasteiger partial charge in [-0.2, -0.15) is 0 Å². The number of aliphatic hydroxyl groups is 1. The van der Waals surface area contributed by atoms with E-state index in [-0.39, 0.29) is 6.61 Å². The summed E-state index contributed by atoms with van der Waals surface area (Å²) in [6.45, 7) is 5.80. The highest BCUT2D eigenvalue weighted by atomic mass is 16.5. The first-order valence-electron chi connectivity index (χ1n) is 10.8. The van der Waals surface area contributed by atoms with Gasteiger partial charge >= 0.3 is 0 Å². The second-order valence-electron chi connectivity index (χ2n) is 7.95. The molecule has 0 radical (unpaired) electrons. The topological polar surface area (TPSA) is 51.0 Å². The molecule has 162 valence electrons. The standard InChI is InChI=1S/C27H31NO3/c1-21(2)15-23-9-6-10-25(16-23)20-30-26-12-11-24(18-28-13-14-29)17-27(26)31-19-22-7-4-3-5-8-22/h3-12,16-18,21,29H,13-15,19-20H2,1-2H3/b28-18+. The Kier molecular flexibility index (Phi) is 8.68. The minimum atomic E-state index is 0.0327. The average Bonchev–Trinajstić information content (AvgIpc) is 2.77. The van der Waals surface area contributed by atoms with E-state index in [0.717, 1.165) is 23.1 Å². The molecule has 0 saturated heterocycles. The average molecular weight is 418 g/mol. The Morgan fingerprint density at radius 2 is 1.52 bits per heavy atom. The van der Waals surface area contributed by atoms with Gasteiger partial charge in [-0.25, -0.2) is 0 Å². The second-order valence-corrected chi connectivity index (χ2v) is 7.95. The molecule has 1 N–H and O–H groups in total. The number of hydrogen-bond donors (Lipinski definition) is 1. The molecule has 0 aliphatic carbocycles. The Morgan fingerprint density at radius 1 is 0.806 bits per heavy atom. The fourth-order valence-corrected chi connectivity index (χ4v) is 3.28. The summed E-state index contributed by atoms with van der Waals surface area (Å²) in [5.74, 6) is 1.99. The second kappa shape index (κ2) is 11.9. The van der Waals surface area contributed by atoms with Crippen molar-refractivity contribution in [1.29, 1.82) is 0 Å². The summed E-state index contributed by atoms with van der Waals surface area (Å²) in [7, 11) is 0. The maximum absolute atomic E-state index is 8.94. The Bertz CT molecular complexity index is 967. The lowest BCUT2D eigenvalue weighted by molar-refractivity contribution is 0.256. The minimum Gasteiger partial charge on any atom is -0.485 e. The van der Waals surface area contributed by atoms with E-state index < -0.39 is 0 Å². The molecule has 0 fully saturated rings. The largest absolute Gasteiger partial charge is 0.485 e. The first-order valence-corrected chi connectivity index (χ1v) is 10.8. The van der Waals surface area contributed by atoms with E-state index in [1.165, 1.54) is 5.56 Å². The summed E-state index contributed by atoms with van der Waals surface area (Å²) in [6, 6.07) is 24.4. The molecule has 3 aromatic carbocycles. The van der Waals surface area contributed by atoms with Crippen molar-refractivity contribution in [3.63, 3.8) is 0 Å². The SMILES string of the molecule is CC(C)Cc1cccc(COc2ccc(/C=N/CCO)cc2OCc2ccccc2)c1. The van der Waals surface area contributed by atoms with Crippen molar-refractivity contribution in [1.82, 2.24) is 0 Å². The van der Waals surface area contributed by atoms with Gasteiger partial charge in [0.1, 0.15) is 13.2 Å². The zero-order valence-electron chi connectivity index (χ0n) is 18.3. The fraction of sp³-hybridized carbons (Fsp3) is 0.296. The molecule has 0 bridgehead atoms. The molecule has 31 heavy (non-hydrogen) atoms. The van der Waals surface area contributed by atoms with E-state index in [9.17, 15) is 0 Å². The predicted octanol–water partition coefficient (Wildman–Crippen LogP) is 5.45. The Balaban J connectivity index is 1.74. The molecule has 4 heteroatoms. The molecular weight excluding hydrogens is 386 g/mol. The van der Waals surface area contributed by atoms with Crippen molar-refractivity contribution in [3.05, 3.63) is 95.1 Å². The maximum Gasteiger partial charge on any atom is 0.162 e. The van der Waals surface area contributed by atoms with Crippen molar-refractivity contribution in [2.24, 2.45) is 10.9 Å². The van der Waals surface area contributed by atoms with Crippen LogP contribution in [0.15, 0.2) is 77.8 Å². The molecule has 0 heterocycles. The monoisotopic (exact) mass is 417 g/mol. The van der Waals surface area contributed by atoms with Crippen molar-refractivity contribution < 1.29 is 14.6 Å². The molecule has 0 saturated carbocycles. The minimum absolute atomic E-state index is 0.0327. The van der Waals surface area contributed by atoms with Crippen LogP contribution in [-0.2, 0) is 19.6 Å². The zero-order chi connectivity index (χ0) is 21.9. The van der Waals surface area contributed by atoms with Gasteiger partial charge in [0.25, 0.3) is 0 Å². The third-order valence-electron chi connectivity index (χ3n) is 4.70. The lowest BCUT2D eigenvalue weighted by Gasteiger charge is -2.14. The van der Waals surface area contributed by atoms with E-state index in [1.54, 1.807) is 6.21 Å². The first-order chi connectivity index (χ1) is 15.1. The normalized spacial score (nSPS) is 11.2. The van der Waals surface area contributed by atoms with Crippen LogP contribution in [0.3, 0.4) is 0 Å². The van der Waals surface area contributed by atoms with Crippen LogP contribution >= 0.6 is 0 Å². The van der Waals surface area contributed by atoms with Crippen LogP contribution < -0.4 is 9.47 Å². The Hall–Kier alpha value is -3.11.